The Hall–Kier alpha value is -2.99. The Kier molecular flexibility index (Phi) is 6.23. The number of carbonyl (C=O) groups is 1. The highest BCUT2D eigenvalue weighted by Gasteiger charge is 2.39. The number of hydrogen-bond donors (Lipinski definition) is 3. The number of nitrogens with zero attached hydrogens (tertiary/aromatic N) is 1. The summed E-state index contributed by atoms with van der Waals surface area (Å²) in [6.07, 6.45) is -1.71. The van der Waals surface area contributed by atoms with E-state index in [1.807, 2.05) is 77.7 Å². The number of carbonyl (C=O) groups excluding carboxylic acids is 1. The molecule has 0 spiro atoms. The molecule has 1 saturated heterocycles. The molecule has 0 aromatic heterocycles. The van der Waals surface area contributed by atoms with Gasteiger partial charge >= 0.3 is 0 Å². The summed E-state index contributed by atoms with van der Waals surface area (Å²) in [6.45, 7) is 1.26. The first kappa shape index (κ1) is 20.3. The van der Waals surface area contributed by atoms with Crippen molar-refractivity contribution in [2.75, 3.05) is 13.1 Å². The maximum absolute atomic E-state index is 12.6. The molecule has 3 atom stereocenters. The van der Waals surface area contributed by atoms with E-state index in [0.29, 0.717) is 18.7 Å². The van der Waals surface area contributed by atoms with E-state index in [2.05, 4.69) is 5.32 Å². The first-order valence-electron chi connectivity index (χ1n) is 10.2. The average Bonchev–Trinajstić information content (AvgIpc) is 3.06. The third-order valence-corrected chi connectivity index (χ3v) is 5.63. The van der Waals surface area contributed by atoms with Crippen molar-refractivity contribution in [2.24, 2.45) is 0 Å². The summed E-state index contributed by atoms with van der Waals surface area (Å²) in [6, 6.07) is 27.1. The number of hydrogen-bond acceptors (Lipinski definition) is 4. The highest BCUT2D eigenvalue weighted by molar-refractivity contribution is 5.94. The molecule has 5 heteroatoms. The first-order chi connectivity index (χ1) is 14.6. The van der Waals surface area contributed by atoms with Crippen LogP contribution in [-0.4, -0.2) is 52.4 Å². The van der Waals surface area contributed by atoms with Crippen molar-refractivity contribution in [3.63, 3.8) is 0 Å². The molecule has 0 radical (unpaired) electrons. The van der Waals surface area contributed by atoms with Gasteiger partial charge in [0.05, 0.1) is 18.2 Å². The van der Waals surface area contributed by atoms with Crippen LogP contribution in [0.25, 0.3) is 11.1 Å². The second kappa shape index (κ2) is 9.22. The molecule has 3 aromatic carbocycles. The van der Waals surface area contributed by atoms with Crippen molar-refractivity contribution >= 4 is 5.91 Å². The lowest BCUT2D eigenvalue weighted by atomic mass is 10.0. The molecule has 1 heterocycles. The second-order valence-corrected chi connectivity index (χ2v) is 7.69. The zero-order valence-corrected chi connectivity index (χ0v) is 16.7. The molecule has 5 nitrogen and oxygen atoms in total. The fourth-order valence-electron chi connectivity index (χ4n) is 3.95. The molecule has 1 fully saturated rings. The maximum Gasteiger partial charge on any atom is 0.251 e. The summed E-state index contributed by atoms with van der Waals surface area (Å²) in [5.41, 5.74) is 3.82. The molecule has 3 aromatic rings. The monoisotopic (exact) mass is 402 g/mol. The van der Waals surface area contributed by atoms with Crippen molar-refractivity contribution in [3.8, 4) is 11.1 Å². The second-order valence-electron chi connectivity index (χ2n) is 7.69. The Balaban J connectivity index is 1.39. The van der Waals surface area contributed by atoms with E-state index >= 15 is 0 Å². The minimum atomic E-state index is -0.894. The van der Waals surface area contributed by atoms with Crippen molar-refractivity contribution in [1.82, 2.24) is 10.2 Å². The summed E-state index contributed by atoms with van der Waals surface area (Å²) in [4.78, 5) is 14.6. The summed E-state index contributed by atoms with van der Waals surface area (Å²) in [7, 11) is 0. The molecular formula is C25H26N2O3. The number of nitrogens with one attached hydrogen (secondary N) is 1. The highest BCUT2D eigenvalue weighted by atomic mass is 16.3. The minimum Gasteiger partial charge on any atom is -0.389 e. The Morgan fingerprint density at radius 3 is 2.13 bits per heavy atom. The molecule has 1 aliphatic rings. The smallest absolute Gasteiger partial charge is 0.251 e. The zero-order valence-electron chi connectivity index (χ0n) is 16.7. The molecule has 0 bridgehead atoms. The number of aliphatic hydroxyl groups excluding tert-OH is 2. The van der Waals surface area contributed by atoms with Gasteiger partial charge < -0.3 is 15.5 Å². The van der Waals surface area contributed by atoms with E-state index in [1.54, 1.807) is 12.1 Å². The van der Waals surface area contributed by atoms with Crippen molar-refractivity contribution in [1.29, 1.82) is 0 Å². The maximum atomic E-state index is 12.6. The zero-order chi connectivity index (χ0) is 20.9. The van der Waals surface area contributed by atoms with Crippen LogP contribution in [-0.2, 0) is 6.54 Å². The van der Waals surface area contributed by atoms with Gasteiger partial charge in [-0.3, -0.25) is 9.69 Å². The topological polar surface area (TPSA) is 72.8 Å². The van der Waals surface area contributed by atoms with Crippen LogP contribution in [0.15, 0.2) is 84.9 Å². The molecule has 1 aliphatic heterocycles. The Morgan fingerprint density at radius 1 is 0.867 bits per heavy atom. The van der Waals surface area contributed by atoms with Crippen LogP contribution < -0.4 is 5.32 Å². The lowest BCUT2D eigenvalue weighted by Crippen LogP contribution is -2.45. The molecule has 154 valence electrons. The van der Waals surface area contributed by atoms with E-state index < -0.39 is 12.2 Å². The molecule has 0 aliphatic carbocycles. The SMILES string of the molecule is O=C(NC[C@H]1[C@@H](O)[C@@H](O)CN1Cc1ccccc1)c1ccc(-c2ccccc2)cc1. The number of aliphatic hydroxyl groups is 2. The van der Waals surface area contributed by atoms with E-state index in [1.165, 1.54) is 0 Å². The fraction of sp³-hybridized carbons (Fsp3) is 0.240. The standard InChI is InChI=1S/C25H26N2O3/c28-23-17-27(16-18-7-3-1-4-8-18)22(24(23)29)15-26-25(30)21-13-11-20(12-14-21)19-9-5-2-6-10-19/h1-14,22-24,28-29H,15-17H2,(H,26,30)/t22-,23-,24+/m0/s1. The fourth-order valence-corrected chi connectivity index (χ4v) is 3.95. The molecular weight excluding hydrogens is 376 g/mol. The van der Waals surface area contributed by atoms with Gasteiger partial charge in [0.15, 0.2) is 0 Å². The lowest BCUT2D eigenvalue weighted by molar-refractivity contribution is 0.0370. The van der Waals surface area contributed by atoms with Crippen LogP contribution in [0, 0.1) is 0 Å². The third-order valence-electron chi connectivity index (χ3n) is 5.63. The molecule has 30 heavy (non-hydrogen) atoms. The van der Waals surface area contributed by atoms with Gasteiger partial charge in [-0.1, -0.05) is 72.8 Å². The van der Waals surface area contributed by atoms with Gasteiger partial charge in [-0.15, -0.1) is 0 Å². The van der Waals surface area contributed by atoms with Crippen LogP contribution in [0.3, 0.4) is 0 Å². The predicted molar refractivity (Wildman–Crippen MR) is 117 cm³/mol. The number of likely N-dealkylation sites (tertiary alicyclic amines) is 1. The van der Waals surface area contributed by atoms with Gasteiger partial charge in [0.25, 0.3) is 5.91 Å². The van der Waals surface area contributed by atoms with Gasteiger partial charge in [-0.25, -0.2) is 0 Å². The average molecular weight is 402 g/mol. The lowest BCUT2D eigenvalue weighted by Gasteiger charge is -2.26. The molecule has 3 N–H and O–H groups in total. The van der Waals surface area contributed by atoms with Crippen LogP contribution in [0.4, 0.5) is 0 Å². The summed E-state index contributed by atoms with van der Waals surface area (Å²) < 4.78 is 0. The van der Waals surface area contributed by atoms with Gasteiger partial charge in [-0.05, 0) is 28.8 Å². The third kappa shape index (κ3) is 4.60. The Labute approximate surface area is 176 Å². The summed E-state index contributed by atoms with van der Waals surface area (Å²) >= 11 is 0. The van der Waals surface area contributed by atoms with Crippen LogP contribution in [0.1, 0.15) is 15.9 Å². The van der Waals surface area contributed by atoms with E-state index in [-0.39, 0.29) is 18.5 Å². The van der Waals surface area contributed by atoms with E-state index in [0.717, 1.165) is 16.7 Å². The molecule has 0 saturated carbocycles. The molecule has 4 rings (SSSR count). The number of amides is 1. The minimum absolute atomic E-state index is 0.192. The van der Waals surface area contributed by atoms with E-state index in [9.17, 15) is 15.0 Å². The Morgan fingerprint density at radius 2 is 1.47 bits per heavy atom. The normalized spacial score (nSPS) is 21.5. The first-order valence-corrected chi connectivity index (χ1v) is 10.2. The van der Waals surface area contributed by atoms with Crippen molar-refractivity contribution in [2.45, 2.75) is 24.8 Å². The predicted octanol–water partition coefficient (Wildman–Crippen LogP) is 2.69. The van der Waals surface area contributed by atoms with Gasteiger partial charge in [0.1, 0.15) is 0 Å². The summed E-state index contributed by atoms with van der Waals surface area (Å²) in [5.74, 6) is -0.192. The number of rotatable bonds is 6. The quantitative estimate of drug-likeness (QED) is 0.593. The largest absolute Gasteiger partial charge is 0.389 e. The van der Waals surface area contributed by atoms with Crippen molar-refractivity contribution < 1.29 is 15.0 Å². The van der Waals surface area contributed by atoms with Crippen molar-refractivity contribution in [3.05, 3.63) is 96.1 Å². The van der Waals surface area contributed by atoms with Crippen LogP contribution >= 0.6 is 0 Å². The van der Waals surface area contributed by atoms with Gasteiger partial charge in [-0.2, -0.15) is 0 Å². The van der Waals surface area contributed by atoms with E-state index in [4.69, 9.17) is 0 Å². The number of β-amino-alcohol motifs (C(OH)–C–C–N with tert-alkyl or cyclic N) is 1. The molecule has 1 amide bonds. The Bertz CT molecular complexity index is 961. The molecule has 0 unspecified atom stereocenters. The van der Waals surface area contributed by atoms with Crippen LogP contribution in [0.2, 0.25) is 0 Å². The van der Waals surface area contributed by atoms with Gasteiger partial charge in [0, 0.05) is 25.2 Å². The van der Waals surface area contributed by atoms with Crippen LogP contribution in [0.5, 0.6) is 0 Å². The number of benzene rings is 3. The summed E-state index contributed by atoms with van der Waals surface area (Å²) in [5, 5.41) is 23.5. The highest BCUT2D eigenvalue weighted by Crippen LogP contribution is 2.22. The van der Waals surface area contributed by atoms with Gasteiger partial charge in [0.2, 0.25) is 0 Å².